The zero-order valence-corrected chi connectivity index (χ0v) is 13.3. The van der Waals surface area contributed by atoms with E-state index in [1.807, 2.05) is 30.3 Å². The van der Waals surface area contributed by atoms with E-state index >= 15 is 0 Å². The Morgan fingerprint density at radius 2 is 1.67 bits per heavy atom. The largest absolute Gasteiger partial charge is 0.377 e. The maximum atomic E-state index is 12.4. The van der Waals surface area contributed by atoms with Crippen molar-refractivity contribution < 1.29 is 4.79 Å². The average Bonchev–Trinajstić information content (AvgIpc) is 2.92. The molecule has 0 radical (unpaired) electrons. The molecule has 2 nitrogen and oxygen atoms in total. The van der Waals surface area contributed by atoms with Crippen molar-refractivity contribution in [2.45, 2.75) is 18.6 Å². The number of hydrogen-bond donors (Lipinski definition) is 1. The minimum atomic E-state index is -1.95. The predicted octanol–water partition coefficient (Wildman–Crippen LogP) is 3.97. The van der Waals surface area contributed by atoms with Gasteiger partial charge in [0.2, 0.25) is 5.91 Å². The number of amides is 1. The molecule has 21 heavy (non-hydrogen) atoms. The SMILES string of the molecule is C[Si](C)(NC(=O)c1ccccc1)C1C=Cc2ccccc21. The molecular weight excluding hydrogens is 274 g/mol. The lowest BCUT2D eigenvalue weighted by molar-refractivity contribution is 0.0977. The van der Waals surface area contributed by atoms with Crippen LogP contribution in [0.25, 0.3) is 6.08 Å². The molecule has 1 aliphatic carbocycles. The summed E-state index contributed by atoms with van der Waals surface area (Å²) in [6, 6.07) is 17.9. The molecule has 0 saturated carbocycles. The van der Waals surface area contributed by atoms with Crippen LogP contribution in [0.15, 0.2) is 60.7 Å². The topological polar surface area (TPSA) is 29.1 Å². The lowest BCUT2D eigenvalue weighted by Crippen LogP contribution is -2.52. The molecule has 0 fully saturated rings. The molecule has 1 amide bonds. The minimum absolute atomic E-state index is 0.0325. The van der Waals surface area contributed by atoms with E-state index in [0.29, 0.717) is 5.54 Å². The van der Waals surface area contributed by atoms with E-state index in [0.717, 1.165) is 5.56 Å². The molecule has 0 bridgehead atoms. The van der Waals surface area contributed by atoms with E-state index < -0.39 is 8.24 Å². The van der Waals surface area contributed by atoms with E-state index in [4.69, 9.17) is 0 Å². The van der Waals surface area contributed by atoms with Gasteiger partial charge in [-0.1, -0.05) is 67.7 Å². The van der Waals surface area contributed by atoms with Gasteiger partial charge in [0.15, 0.2) is 8.24 Å². The predicted molar refractivity (Wildman–Crippen MR) is 89.6 cm³/mol. The van der Waals surface area contributed by atoms with Gasteiger partial charge in [0.1, 0.15) is 0 Å². The summed E-state index contributed by atoms with van der Waals surface area (Å²) in [4.78, 5) is 15.7. The van der Waals surface area contributed by atoms with Crippen LogP contribution in [0, 0.1) is 0 Å². The molecule has 0 heterocycles. The van der Waals surface area contributed by atoms with Gasteiger partial charge in [-0.3, -0.25) is 4.79 Å². The second-order valence-corrected chi connectivity index (χ2v) is 10.3. The summed E-state index contributed by atoms with van der Waals surface area (Å²) in [5.41, 5.74) is 3.68. The van der Waals surface area contributed by atoms with Crippen molar-refractivity contribution in [3.63, 3.8) is 0 Å². The van der Waals surface area contributed by atoms with E-state index in [1.165, 1.54) is 11.1 Å². The molecule has 1 N–H and O–H groups in total. The number of nitrogens with one attached hydrogen (secondary N) is 1. The molecule has 0 aliphatic heterocycles. The molecule has 2 aromatic carbocycles. The molecule has 2 aromatic rings. The Balaban J connectivity index is 1.82. The molecule has 0 aromatic heterocycles. The Hall–Kier alpha value is -2.13. The number of benzene rings is 2. The highest BCUT2D eigenvalue weighted by molar-refractivity contribution is 6.79. The molecule has 1 unspecified atom stereocenters. The summed E-state index contributed by atoms with van der Waals surface area (Å²) < 4.78 is 0. The smallest absolute Gasteiger partial charge is 0.243 e. The molecular formula is C18H19NOSi. The molecule has 3 rings (SSSR count). The maximum Gasteiger partial charge on any atom is 0.243 e. The van der Waals surface area contributed by atoms with Gasteiger partial charge in [0.05, 0.1) is 0 Å². The molecule has 0 saturated heterocycles. The van der Waals surface area contributed by atoms with Crippen molar-refractivity contribution in [3.8, 4) is 0 Å². The van der Waals surface area contributed by atoms with Crippen LogP contribution in [-0.2, 0) is 0 Å². The average molecular weight is 293 g/mol. The van der Waals surface area contributed by atoms with Gasteiger partial charge in [0.25, 0.3) is 0 Å². The monoisotopic (exact) mass is 293 g/mol. The molecule has 0 spiro atoms. The third kappa shape index (κ3) is 2.69. The van der Waals surface area contributed by atoms with Crippen molar-refractivity contribution in [2.24, 2.45) is 0 Å². The van der Waals surface area contributed by atoms with Gasteiger partial charge in [0, 0.05) is 11.1 Å². The second kappa shape index (κ2) is 5.33. The third-order valence-corrected chi connectivity index (χ3v) is 6.98. The van der Waals surface area contributed by atoms with Crippen molar-refractivity contribution in [3.05, 3.63) is 77.4 Å². The van der Waals surface area contributed by atoms with Gasteiger partial charge < -0.3 is 4.98 Å². The fraction of sp³-hybridized carbons (Fsp3) is 0.167. The molecule has 106 valence electrons. The van der Waals surface area contributed by atoms with Gasteiger partial charge in [-0.25, -0.2) is 0 Å². The number of carbonyl (C=O) groups excluding carboxylic acids is 1. The van der Waals surface area contributed by atoms with E-state index in [-0.39, 0.29) is 5.91 Å². The van der Waals surface area contributed by atoms with Gasteiger partial charge in [-0.2, -0.15) is 0 Å². The molecule has 3 heteroatoms. The summed E-state index contributed by atoms with van der Waals surface area (Å²) in [7, 11) is -1.95. The first-order valence-corrected chi connectivity index (χ1v) is 10.3. The fourth-order valence-electron chi connectivity index (χ4n) is 2.91. The zero-order valence-electron chi connectivity index (χ0n) is 12.3. The first-order chi connectivity index (χ1) is 10.1. The number of fused-ring (bicyclic) bond motifs is 1. The summed E-state index contributed by atoms with van der Waals surface area (Å²) in [5, 5.41) is 0. The second-order valence-electron chi connectivity index (χ2n) is 6.01. The van der Waals surface area contributed by atoms with E-state index in [9.17, 15) is 4.79 Å². The number of rotatable bonds is 3. The lowest BCUT2D eigenvalue weighted by Gasteiger charge is -2.30. The third-order valence-electron chi connectivity index (χ3n) is 4.05. The molecule has 1 atom stereocenters. The van der Waals surface area contributed by atoms with Crippen molar-refractivity contribution in [1.29, 1.82) is 0 Å². The lowest BCUT2D eigenvalue weighted by atomic mass is 10.1. The van der Waals surface area contributed by atoms with Crippen LogP contribution >= 0.6 is 0 Å². The van der Waals surface area contributed by atoms with Gasteiger partial charge in [-0.05, 0) is 23.3 Å². The van der Waals surface area contributed by atoms with Crippen molar-refractivity contribution in [1.82, 2.24) is 4.98 Å². The standard InChI is InChI=1S/C18H19NOSi/c1-21(2,19-18(20)15-9-4-3-5-10-15)17-13-12-14-8-6-7-11-16(14)17/h3-13,17H,1-2H3,(H,19,20). The van der Waals surface area contributed by atoms with Crippen LogP contribution in [0.4, 0.5) is 0 Å². The van der Waals surface area contributed by atoms with Gasteiger partial charge in [-0.15, -0.1) is 0 Å². The normalized spacial score (nSPS) is 16.6. The summed E-state index contributed by atoms with van der Waals surface area (Å²) in [6.07, 6.45) is 4.41. The van der Waals surface area contributed by atoms with Crippen LogP contribution in [0.2, 0.25) is 13.1 Å². The number of hydrogen-bond acceptors (Lipinski definition) is 1. The van der Waals surface area contributed by atoms with Gasteiger partial charge >= 0.3 is 0 Å². The van der Waals surface area contributed by atoms with Crippen LogP contribution in [-0.4, -0.2) is 14.1 Å². The van der Waals surface area contributed by atoms with E-state index in [1.54, 1.807) is 0 Å². The van der Waals surface area contributed by atoms with E-state index in [2.05, 4.69) is 54.5 Å². The Labute approximate surface area is 126 Å². The summed E-state index contributed by atoms with van der Waals surface area (Å²) >= 11 is 0. The Morgan fingerprint density at radius 1 is 1.00 bits per heavy atom. The Bertz CT molecular complexity index is 691. The number of carbonyl (C=O) groups is 1. The Kier molecular flexibility index (Phi) is 3.51. The highest BCUT2D eigenvalue weighted by Gasteiger charge is 2.36. The Morgan fingerprint density at radius 3 is 2.43 bits per heavy atom. The van der Waals surface area contributed by atoms with Crippen LogP contribution < -0.4 is 4.98 Å². The van der Waals surface area contributed by atoms with Crippen molar-refractivity contribution in [2.75, 3.05) is 0 Å². The van der Waals surface area contributed by atoms with Crippen LogP contribution in [0.1, 0.15) is 27.0 Å². The van der Waals surface area contributed by atoms with Crippen LogP contribution in [0.5, 0.6) is 0 Å². The number of allylic oxidation sites excluding steroid dienone is 1. The maximum absolute atomic E-state index is 12.4. The van der Waals surface area contributed by atoms with Crippen molar-refractivity contribution >= 4 is 20.2 Å². The quantitative estimate of drug-likeness (QED) is 0.852. The summed E-state index contributed by atoms with van der Waals surface area (Å²) in [5.74, 6) is 0.0325. The highest BCUT2D eigenvalue weighted by atomic mass is 28.3. The van der Waals surface area contributed by atoms with Crippen LogP contribution in [0.3, 0.4) is 0 Å². The molecule has 1 aliphatic rings. The first kappa shape index (κ1) is 13.8. The zero-order chi connectivity index (χ0) is 14.9. The minimum Gasteiger partial charge on any atom is -0.377 e. The highest BCUT2D eigenvalue weighted by Crippen LogP contribution is 2.35. The first-order valence-electron chi connectivity index (χ1n) is 7.22. The summed E-state index contributed by atoms with van der Waals surface area (Å²) in [6.45, 7) is 4.43. The fourth-order valence-corrected chi connectivity index (χ4v) is 5.41.